The van der Waals surface area contributed by atoms with E-state index in [0.717, 1.165) is 18.0 Å². The summed E-state index contributed by atoms with van der Waals surface area (Å²) in [5.74, 6) is 1.08. The monoisotopic (exact) mass is 317 g/mol. The minimum absolute atomic E-state index is 0.222. The first kappa shape index (κ1) is 17.5. The lowest BCUT2D eigenvalue weighted by Gasteiger charge is -2.06. The Bertz CT molecular complexity index is 472. The van der Waals surface area contributed by atoms with Crippen LogP contribution in [-0.2, 0) is 21.1 Å². The SMILES string of the molecule is CCS(=O)(=O)CCSc1ccc(CNCCOC)cc1. The molecule has 114 valence electrons. The number of methoxy groups -OCH3 is 1. The van der Waals surface area contributed by atoms with Crippen LogP contribution >= 0.6 is 11.8 Å². The number of benzene rings is 1. The number of hydrogen-bond donors (Lipinski definition) is 1. The lowest BCUT2D eigenvalue weighted by Crippen LogP contribution is -2.18. The van der Waals surface area contributed by atoms with Gasteiger partial charge in [0.05, 0.1) is 12.4 Å². The van der Waals surface area contributed by atoms with Crippen molar-refractivity contribution in [3.8, 4) is 0 Å². The molecule has 6 heteroatoms. The van der Waals surface area contributed by atoms with Crippen molar-refractivity contribution in [2.24, 2.45) is 0 Å². The largest absolute Gasteiger partial charge is 0.383 e. The number of nitrogens with one attached hydrogen (secondary N) is 1. The Kier molecular flexibility index (Phi) is 8.21. The van der Waals surface area contributed by atoms with Crippen molar-refractivity contribution in [1.82, 2.24) is 5.32 Å². The van der Waals surface area contributed by atoms with E-state index in [-0.39, 0.29) is 11.5 Å². The van der Waals surface area contributed by atoms with Crippen LogP contribution in [0, 0.1) is 0 Å². The second-order valence-corrected chi connectivity index (χ2v) is 8.04. The van der Waals surface area contributed by atoms with Crippen LogP contribution in [0.2, 0.25) is 0 Å². The zero-order valence-electron chi connectivity index (χ0n) is 12.1. The minimum atomic E-state index is -2.86. The molecule has 0 bridgehead atoms. The first-order valence-corrected chi connectivity index (χ1v) is 9.50. The van der Waals surface area contributed by atoms with Crippen LogP contribution in [0.1, 0.15) is 12.5 Å². The van der Waals surface area contributed by atoms with Gasteiger partial charge in [-0.2, -0.15) is 0 Å². The van der Waals surface area contributed by atoms with Crippen LogP contribution in [0.3, 0.4) is 0 Å². The minimum Gasteiger partial charge on any atom is -0.383 e. The molecule has 0 aliphatic heterocycles. The fourth-order valence-electron chi connectivity index (χ4n) is 1.54. The number of thioether (sulfide) groups is 1. The molecule has 1 aromatic rings. The first-order valence-electron chi connectivity index (χ1n) is 6.69. The summed E-state index contributed by atoms with van der Waals surface area (Å²) in [5.41, 5.74) is 1.21. The summed E-state index contributed by atoms with van der Waals surface area (Å²) in [7, 11) is -1.17. The molecule has 0 amide bonds. The highest BCUT2D eigenvalue weighted by molar-refractivity contribution is 8.00. The van der Waals surface area contributed by atoms with Crippen molar-refractivity contribution in [3.05, 3.63) is 29.8 Å². The highest BCUT2D eigenvalue weighted by atomic mass is 32.2. The van der Waals surface area contributed by atoms with Gasteiger partial charge >= 0.3 is 0 Å². The molecule has 0 saturated carbocycles. The fraction of sp³-hybridized carbons (Fsp3) is 0.571. The molecule has 0 aromatic heterocycles. The summed E-state index contributed by atoms with van der Waals surface area (Å²) >= 11 is 1.58. The van der Waals surface area contributed by atoms with E-state index in [0.29, 0.717) is 12.4 Å². The Morgan fingerprint density at radius 2 is 1.95 bits per heavy atom. The molecule has 0 spiro atoms. The van der Waals surface area contributed by atoms with Gasteiger partial charge in [-0.3, -0.25) is 0 Å². The van der Waals surface area contributed by atoms with Crippen molar-refractivity contribution in [1.29, 1.82) is 0 Å². The third-order valence-corrected chi connectivity index (χ3v) is 5.82. The van der Waals surface area contributed by atoms with Crippen LogP contribution < -0.4 is 5.32 Å². The molecule has 0 aliphatic rings. The van der Waals surface area contributed by atoms with Gasteiger partial charge in [-0.15, -0.1) is 11.8 Å². The van der Waals surface area contributed by atoms with Crippen molar-refractivity contribution in [2.45, 2.75) is 18.4 Å². The van der Waals surface area contributed by atoms with Crippen LogP contribution in [0.5, 0.6) is 0 Å². The van der Waals surface area contributed by atoms with E-state index < -0.39 is 9.84 Å². The Balaban J connectivity index is 2.31. The van der Waals surface area contributed by atoms with Gasteiger partial charge in [0.25, 0.3) is 0 Å². The Morgan fingerprint density at radius 3 is 2.55 bits per heavy atom. The van der Waals surface area contributed by atoms with E-state index in [2.05, 4.69) is 17.4 Å². The Morgan fingerprint density at radius 1 is 1.25 bits per heavy atom. The van der Waals surface area contributed by atoms with Crippen molar-refractivity contribution in [2.75, 3.05) is 37.5 Å². The average molecular weight is 317 g/mol. The summed E-state index contributed by atoms with van der Waals surface area (Å²) in [4.78, 5) is 1.11. The summed E-state index contributed by atoms with van der Waals surface area (Å²) in [6.07, 6.45) is 0. The topological polar surface area (TPSA) is 55.4 Å². The molecular weight excluding hydrogens is 294 g/mol. The maximum absolute atomic E-state index is 11.4. The first-order chi connectivity index (χ1) is 9.57. The lowest BCUT2D eigenvalue weighted by molar-refractivity contribution is 0.199. The molecular formula is C14H23NO3S2. The molecule has 0 aliphatic carbocycles. The number of rotatable bonds is 10. The van der Waals surface area contributed by atoms with Gasteiger partial charge in [0.1, 0.15) is 0 Å². The fourth-order valence-corrected chi connectivity index (χ4v) is 3.74. The smallest absolute Gasteiger partial charge is 0.150 e. The lowest BCUT2D eigenvalue weighted by atomic mass is 10.2. The molecule has 1 rings (SSSR count). The van der Waals surface area contributed by atoms with Gasteiger partial charge in [-0.05, 0) is 17.7 Å². The molecule has 20 heavy (non-hydrogen) atoms. The molecule has 0 radical (unpaired) electrons. The van der Waals surface area contributed by atoms with Gasteiger partial charge < -0.3 is 10.1 Å². The standard InChI is InChI=1S/C14H23NO3S2/c1-3-20(16,17)11-10-19-14-6-4-13(5-7-14)12-15-8-9-18-2/h4-7,15H,3,8-12H2,1-2H3. The quantitative estimate of drug-likeness (QED) is 0.528. The van der Waals surface area contributed by atoms with E-state index in [4.69, 9.17) is 4.74 Å². The zero-order chi connectivity index (χ0) is 14.8. The molecule has 0 saturated heterocycles. The predicted octanol–water partition coefficient (Wildman–Crippen LogP) is 1.95. The second-order valence-electron chi connectivity index (χ2n) is 4.40. The third kappa shape index (κ3) is 7.28. The molecule has 0 heterocycles. The van der Waals surface area contributed by atoms with Crippen molar-refractivity contribution < 1.29 is 13.2 Å². The van der Waals surface area contributed by atoms with Gasteiger partial charge in [0.15, 0.2) is 9.84 Å². The van der Waals surface area contributed by atoms with Gasteiger partial charge in [-0.1, -0.05) is 19.1 Å². The highest BCUT2D eigenvalue weighted by Gasteiger charge is 2.07. The second kappa shape index (κ2) is 9.39. The number of sulfone groups is 1. The van der Waals surface area contributed by atoms with E-state index in [1.165, 1.54) is 5.56 Å². The van der Waals surface area contributed by atoms with Gasteiger partial charge in [0.2, 0.25) is 0 Å². The molecule has 1 N–H and O–H groups in total. The Labute approximate surface area is 126 Å². The van der Waals surface area contributed by atoms with Crippen LogP contribution in [0.4, 0.5) is 0 Å². The van der Waals surface area contributed by atoms with Crippen LogP contribution in [0.15, 0.2) is 29.2 Å². The van der Waals surface area contributed by atoms with Crippen LogP contribution in [0.25, 0.3) is 0 Å². The molecule has 0 unspecified atom stereocenters. The summed E-state index contributed by atoms with van der Waals surface area (Å²) in [5, 5.41) is 3.28. The normalized spacial score (nSPS) is 11.7. The summed E-state index contributed by atoms with van der Waals surface area (Å²) in [6, 6.07) is 8.21. The van der Waals surface area contributed by atoms with Gasteiger partial charge in [0, 0.05) is 36.6 Å². The third-order valence-electron chi connectivity index (χ3n) is 2.84. The van der Waals surface area contributed by atoms with Crippen LogP contribution in [-0.4, -0.2) is 45.9 Å². The maximum atomic E-state index is 11.4. The van der Waals surface area contributed by atoms with E-state index in [1.54, 1.807) is 25.8 Å². The maximum Gasteiger partial charge on any atom is 0.150 e. The number of hydrogen-bond acceptors (Lipinski definition) is 5. The number of ether oxygens (including phenoxy) is 1. The summed E-state index contributed by atoms with van der Waals surface area (Å²) < 4.78 is 27.7. The molecule has 0 fully saturated rings. The molecule has 1 aromatic carbocycles. The van der Waals surface area contributed by atoms with Gasteiger partial charge in [-0.25, -0.2) is 8.42 Å². The summed E-state index contributed by atoms with van der Waals surface area (Å²) in [6.45, 7) is 4.05. The zero-order valence-corrected chi connectivity index (χ0v) is 13.7. The average Bonchev–Trinajstić information content (AvgIpc) is 2.45. The van der Waals surface area contributed by atoms with Crippen molar-refractivity contribution in [3.63, 3.8) is 0 Å². The van der Waals surface area contributed by atoms with Crippen molar-refractivity contribution >= 4 is 21.6 Å². The predicted molar refractivity (Wildman–Crippen MR) is 85.1 cm³/mol. The Hall–Kier alpha value is -0.560. The van der Waals surface area contributed by atoms with E-state index >= 15 is 0 Å². The highest BCUT2D eigenvalue weighted by Crippen LogP contribution is 2.18. The molecule has 0 atom stereocenters. The van der Waals surface area contributed by atoms with E-state index in [1.807, 2.05) is 12.1 Å². The van der Waals surface area contributed by atoms with E-state index in [9.17, 15) is 8.42 Å². The molecule has 4 nitrogen and oxygen atoms in total.